The minimum Gasteiger partial charge on any atom is -0.335 e. The van der Waals surface area contributed by atoms with Gasteiger partial charge in [0.05, 0.1) is 0 Å². The summed E-state index contributed by atoms with van der Waals surface area (Å²) >= 11 is 0. The average Bonchev–Trinajstić information content (AvgIpc) is 2.14. The van der Waals surface area contributed by atoms with Gasteiger partial charge in [-0.25, -0.2) is 0 Å². The minimum atomic E-state index is 0.133. The predicted octanol–water partition coefficient (Wildman–Crippen LogP) is 0.796. The number of nitrogens with zero attached hydrogens (tertiary/aromatic N) is 1. The van der Waals surface area contributed by atoms with Crippen LogP contribution in [0.25, 0.3) is 0 Å². The summed E-state index contributed by atoms with van der Waals surface area (Å²) in [5, 5.41) is 2.94. The first-order valence-corrected chi connectivity index (χ1v) is 4.40. The SMILES string of the molecule is C=CCN(CC=C)C(=O)CCNC. The molecule has 1 N–H and O–H groups in total. The molecule has 74 valence electrons. The van der Waals surface area contributed by atoms with Gasteiger partial charge < -0.3 is 10.2 Å². The fourth-order valence-electron chi connectivity index (χ4n) is 0.980. The average molecular weight is 182 g/mol. The van der Waals surface area contributed by atoms with E-state index in [1.807, 2.05) is 7.05 Å². The fourth-order valence-corrected chi connectivity index (χ4v) is 0.980. The van der Waals surface area contributed by atoms with Gasteiger partial charge in [-0.3, -0.25) is 4.79 Å². The van der Waals surface area contributed by atoms with Gasteiger partial charge in [-0.05, 0) is 7.05 Å². The van der Waals surface area contributed by atoms with Gasteiger partial charge in [0.15, 0.2) is 0 Å². The number of carbonyl (C=O) groups is 1. The molecule has 0 spiro atoms. The molecular weight excluding hydrogens is 164 g/mol. The van der Waals surface area contributed by atoms with Gasteiger partial charge in [0.1, 0.15) is 0 Å². The van der Waals surface area contributed by atoms with Gasteiger partial charge in [-0.1, -0.05) is 12.2 Å². The maximum Gasteiger partial charge on any atom is 0.224 e. The quantitative estimate of drug-likeness (QED) is 0.591. The molecule has 0 radical (unpaired) electrons. The lowest BCUT2D eigenvalue weighted by molar-refractivity contribution is -0.130. The second-order valence-corrected chi connectivity index (χ2v) is 2.73. The van der Waals surface area contributed by atoms with Crippen LogP contribution >= 0.6 is 0 Å². The van der Waals surface area contributed by atoms with Crippen LogP contribution in [-0.2, 0) is 4.79 Å². The first-order chi connectivity index (χ1) is 6.26. The predicted molar refractivity (Wildman–Crippen MR) is 55.5 cm³/mol. The van der Waals surface area contributed by atoms with Crippen molar-refractivity contribution in [1.82, 2.24) is 10.2 Å². The Hall–Kier alpha value is -1.09. The maximum atomic E-state index is 11.5. The van der Waals surface area contributed by atoms with Gasteiger partial charge >= 0.3 is 0 Å². The van der Waals surface area contributed by atoms with Crippen molar-refractivity contribution < 1.29 is 4.79 Å². The molecule has 0 heterocycles. The third kappa shape index (κ3) is 5.20. The number of nitrogens with one attached hydrogen (secondary N) is 1. The molecule has 0 atom stereocenters. The lowest BCUT2D eigenvalue weighted by atomic mass is 10.3. The lowest BCUT2D eigenvalue weighted by Gasteiger charge is -2.18. The summed E-state index contributed by atoms with van der Waals surface area (Å²) in [6.07, 6.45) is 3.97. The van der Waals surface area contributed by atoms with Crippen LogP contribution in [0.3, 0.4) is 0 Å². The van der Waals surface area contributed by atoms with Crippen molar-refractivity contribution >= 4 is 5.91 Å². The van der Waals surface area contributed by atoms with E-state index in [4.69, 9.17) is 0 Å². The molecule has 0 bridgehead atoms. The second kappa shape index (κ2) is 7.55. The summed E-state index contributed by atoms with van der Waals surface area (Å²) in [7, 11) is 1.83. The van der Waals surface area contributed by atoms with E-state index in [-0.39, 0.29) is 5.91 Å². The van der Waals surface area contributed by atoms with Crippen molar-refractivity contribution in [2.24, 2.45) is 0 Å². The van der Waals surface area contributed by atoms with Gasteiger partial charge in [0.2, 0.25) is 5.91 Å². The molecule has 0 saturated carbocycles. The van der Waals surface area contributed by atoms with Gasteiger partial charge in [-0.2, -0.15) is 0 Å². The van der Waals surface area contributed by atoms with Crippen LogP contribution in [-0.4, -0.2) is 37.5 Å². The molecule has 3 nitrogen and oxygen atoms in total. The Balaban J connectivity index is 3.93. The van der Waals surface area contributed by atoms with E-state index < -0.39 is 0 Å². The van der Waals surface area contributed by atoms with Crippen molar-refractivity contribution in [3.63, 3.8) is 0 Å². The van der Waals surface area contributed by atoms with Crippen molar-refractivity contribution in [3.8, 4) is 0 Å². The molecule has 0 aliphatic rings. The van der Waals surface area contributed by atoms with Crippen LogP contribution in [0, 0.1) is 0 Å². The highest BCUT2D eigenvalue weighted by Crippen LogP contribution is 1.94. The molecule has 13 heavy (non-hydrogen) atoms. The molecule has 0 aliphatic carbocycles. The second-order valence-electron chi connectivity index (χ2n) is 2.73. The molecule has 0 aliphatic heterocycles. The maximum absolute atomic E-state index is 11.5. The number of rotatable bonds is 7. The summed E-state index contributed by atoms with van der Waals surface area (Å²) in [5.41, 5.74) is 0. The Morgan fingerprint density at radius 1 is 1.38 bits per heavy atom. The van der Waals surface area contributed by atoms with E-state index in [0.717, 1.165) is 0 Å². The molecule has 0 aromatic rings. The van der Waals surface area contributed by atoms with Crippen molar-refractivity contribution in [3.05, 3.63) is 25.3 Å². The highest BCUT2D eigenvalue weighted by Gasteiger charge is 2.08. The topological polar surface area (TPSA) is 32.3 Å². The fraction of sp³-hybridized carbons (Fsp3) is 0.500. The Bertz CT molecular complexity index is 168. The Morgan fingerprint density at radius 2 is 1.92 bits per heavy atom. The third-order valence-corrected chi connectivity index (χ3v) is 1.64. The van der Waals surface area contributed by atoms with E-state index in [1.54, 1.807) is 17.1 Å². The molecule has 1 amide bonds. The molecule has 0 aromatic heterocycles. The zero-order valence-corrected chi connectivity index (χ0v) is 8.25. The molecule has 3 heteroatoms. The first-order valence-electron chi connectivity index (χ1n) is 4.40. The first kappa shape index (κ1) is 11.9. The molecule has 0 rings (SSSR count). The van der Waals surface area contributed by atoms with E-state index in [2.05, 4.69) is 18.5 Å². The van der Waals surface area contributed by atoms with Crippen LogP contribution in [0.1, 0.15) is 6.42 Å². The number of amides is 1. The molecular formula is C10H18N2O. The summed E-state index contributed by atoms with van der Waals surface area (Å²) in [5.74, 6) is 0.133. The Kier molecular flexibility index (Phi) is 6.92. The smallest absolute Gasteiger partial charge is 0.224 e. The standard InChI is InChI=1S/C10H18N2O/c1-4-8-12(9-5-2)10(13)6-7-11-3/h4-5,11H,1-2,6-9H2,3H3. The summed E-state index contributed by atoms with van der Waals surface area (Å²) in [4.78, 5) is 13.2. The van der Waals surface area contributed by atoms with Crippen LogP contribution in [0.5, 0.6) is 0 Å². The van der Waals surface area contributed by atoms with Crippen molar-refractivity contribution in [2.75, 3.05) is 26.7 Å². The number of carbonyl (C=O) groups excluding carboxylic acids is 1. The Morgan fingerprint density at radius 3 is 2.31 bits per heavy atom. The molecule has 0 aromatic carbocycles. The lowest BCUT2D eigenvalue weighted by Crippen LogP contribution is -2.33. The van der Waals surface area contributed by atoms with Gasteiger partial charge in [0.25, 0.3) is 0 Å². The van der Waals surface area contributed by atoms with Gasteiger partial charge in [-0.15, -0.1) is 13.2 Å². The normalized spacial score (nSPS) is 9.31. The summed E-state index contributed by atoms with van der Waals surface area (Å²) in [6.45, 7) is 9.10. The van der Waals surface area contributed by atoms with Crippen molar-refractivity contribution in [2.45, 2.75) is 6.42 Å². The third-order valence-electron chi connectivity index (χ3n) is 1.64. The molecule has 0 fully saturated rings. The van der Waals surface area contributed by atoms with Crippen LogP contribution < -0.4 is 5.32 Å². The van der Waals surface area contributed by atoms with E-state index >= 15 is 0 Å². The number of hydrogen-bond acceptors (Lipinski definition) is 2. The van der Waals surface area contributed by atoms with E-state index in [9.17, 15) is 4.79 Å². The molecule has 0 saturated heterocycles. The number of hydrogen-bond donors (Lipinski definition) is 1. The van der Waals surface area contributed by atoms with Crippen LogP contribution in [0.4, 0.5) is 0 Å². The van der Waals surface area contributed by atoms with Gasteiger partial charge in [0, 0.05) is 26.1 Å². The molecule has 0 unspecified atom stereocenters. The highest BCUT2D eigenvalue weighted by molar-refractivity contribution is 5.76. The van der Waals surface area contributed by atoms with Crippen LogP contribution in [0.2, 0.25) is 0 Å². The summed E-state index contributed by atoms with van der Waals surface area (Å²) < 4.78 is 0. The van der Waals surface area contributed by atoms with E-state index in [1.165, 1.54) is 0 Å². The Labute approximate surface area is 80.1 Å². The zero-order valence-electron chi connectivity index (χ0n) is 8.25. The van der Waals surface area contributed by atoms with E-state index in [0.29, 0.717) is 26.1 Å². The highest BCUT2D eigenvalue weighted by atomic mass is 16.2. The van der Waals surface area contributed by atoms with Crippen molar-refractivity contribution in [1.29, 1.82) is 0 Å². The summed E-state index contributed by atoms with van der Waals surface area (Å²) in [6, 6.07) is 0. The monoisotopic (exact) mass is 182 g/mol. The largest absolute Gasteiger partial charge is 0.335 e. The minimum absolute atomic E-state index is 0.133. The zero-order chi connectivity index (χ0) is 10.1. The van der Waals surface area contributed by atoms with Crippen LogP contribution in [0.15, 0.2) is 25.3 Å².